The molecule has 0 amide bonds. The smallest absolute Gasteiger partial charge is 0.138 e. The van der Waals surface area contributed by atoms with Crippen LogP contribution in [-0.2, 0) is 0 Å². The molecule has 1 heterocycles. The molecule has 2 rings (SSSR count). The van der Waals surface area contributed by atoms with Crippen LogP contribution < -0.4 is 5.32 Å². The minimum atomic E-state index is 0.329. The Balaban J connectivity index is 2.09. The molecule has 0 atom stereocenters. The van der Waals surface area contributed by atoms with E-state index < -0.39 is 0 Å². The van der Waals surface area contributed by atoms with E-state index in [0.29, 0.717) is 16.5 Å². The lowest BCUT2D eigenvalue weighted by molar-refractivity contribution is 0.233. The molecule has 1 aromatic rings. The molecule has 0 saturated heterocycles. The minimum Gasteiger partial charge on any atom is -0.369 e. The number of nitrogens with one attached hydrogen (secondary N) is 1. The predicted octanol–water partition coefficient (Wildman–Crippen LogP) is 4.64. The first-order valence-electron chi connectivity index (χ1n) is 7.26. The molecular formula is C15H24ClN3. The van der Waals surface area contributed by atoms with Crippen LogP contribution >= 0.6 is 11.6 Å². The number of anilines is 1. The third-order valence-electron chi connectivity index (χ3n) is 4.16. The molecule has 0 aromatic carbocycles. The van der Waals surface area contributed by atoms with Gasteiger partial charge in [0.2, 0.25) is 0 Å². The van der Waals surface area contributed by atoms with E-state index in [9.17, 15) is 0 Å². The zero-order chi connectivity index (χ0) is 13.9. The zero-order valence-corrected chi connectivity index (χ0v) is 12.9. The Hall–Kier alpha value is -0.830. The van der Waals surface area contributed by atoms with Gasteiger partial charge < -0.3 is 5.32 Å². The van der Waals surface area contributed by atoms with E-state index in [0.717, 1.165) is 17.9 Å². The van der Waals surface area contributed by atoms with Crippen molar-refractivity contribution < 1.29 is 0 Å². The molecule has 1 fully saturated rings. The second kappa shape index (κ2) is 6.08. The van der Waals surface area contributed by atoms with Gasteiger partial charge in [0.15, 0.2) is 0 Å². The Morgan fingerprint density at radius 1 is 1.26 bits per heavy atom. The molecule has 0 unspecified atom stereocenters. The quantitative estimate of drug-likeness (QED) is 0.817. The second-order valence-corrected chi connectivity index (χ2v) is 6.66. The molecule has 3 nitrogen and oxygen atoms in total. The highest BCUT2D eigenvalue weighted by Gasteiger charge is 2.27. The largest absolute Gasteiger partial charge is 0.369 e. The normalized spacial score (nSPS) is 18.6. The molecule has 1 aromatic heterocycles. The molecule has 4 heteroatoms. The third kappa shape index (κ3) is 3.59. The lowest BCUT2D eigenvalue weighted by atomic mass is 9.76. The summed E-state index contributed by atoms with van der Waals surface area (Å²) in [5.41, 5.74) is 1.42. The van der Waals surface area contributed by atoms with Crippen LogP contribution in [0.25, 0.3) is 0 Å². The highest BCUT2D eigenvalue weighted by atomic mass is 35.5. The van der Waals surface area contributed by atoms with Crippen LogP contribution in [0.2, 0.25) is 5.15 Å². The summed E-state index contributed by atoms with van der Waals surface area (Å²) in [6.45, 7) is 7.59. The maximum absolute atomic E-state index is 6.19. The Bertz CT molecular complexity index is 425. The van der Waals surface area contributed by atoms with Gasteiger partial charge in [-0.1, -0.05) is 51.6 Å². The highest BCUT2D eigenvalue weighted by Crippen LogP contribution is 2.36. The van der Waals surface area contributed by atoms with Crippen molar-refractivity contribution >= 4 is 17.4 Å². The fourth-order valence-corrected chi connectivity index (χ4v) is 3.26. The maximum Gasteiger partial charge on any atom is 0.138 e. The summed E-state index contributed by atoms with van der Waals surface area (Å²) >= 11 is 6.19. The Labute approximate surface area is 121 Å². The predicted molar refractivity (Wildman–Crippen MR) is 80.8 cm³/mol. The van der Waals surface area contributed by atoms with Crippen molar-refractivity contribution in [1.82, 2.24) is 9.97 Å². The molecule has 0 spiro atoms. The molecule has 106 valence electrons. The van der Waals surface area contributed by atoms with Gasteiger partial charge in [0, 0.05) is 12.1 Å². The van der Waals surface area contributed by atoms with Crippen LogP contribution in [0.1, 0.15) is 64.4 Å². The van der Waals surface area contributed by atoms with Gasteiger partial charge in [0.25, 0.3) is 0 Å². The number of aromatic nitrogens is 2. The van der Waals surface area contributed by atoms with Crippen molar-refractivity contribution in [2.45, 2.75) is 58.8 Å². The van der Waals surface area contributed by atoms with Crippen LogP contribution in [0, 0.1) is 5.41 Å². The molecule has 1 N–H and O–H groups in total. The molecule has 1 saturated carbocycles. The number of hydrogen-bond acceptors (Lipinski definition) is 3. The number of hydrogen-bond donors (Lipinski definition) is 1. The highest BCUT2D eigenvalue weighted by molar-refractivity contribution is 6.30. The van der Waals surface area contributed by atoms with E-state index in [1.807, 2.05) is 0 Å². The van der Waals surface area contributed by atoms with E-state index in [-0.39, 0.29) is 0 Å². The Morgan fingerprint density at radius 3 is 2.58 bits per heavy atom. The Morgan fingerprint density at radius 2 is 1.95 bits per heavy atom. The molecule has 0 radical (unpaired) electrons. The summed E-state index contributed by atoms with van der Waals surface area (Å²) < 4.78 is 0. The SMILES string of the molecule is CC(C)c1c(Cl)ncnc1NCC1(C)CCCCC1. The third-order valence-corrected chi connectivity index (χ3v) is 4.46. The second-order valence-electron chi connectivity index (χ2n) is 6.31. The average molecular weight is 282 g/mol. The summed E-state index contributed by atoms with van der Waals surface area (Å²) in [7, 11) is 0. The zero-order valence-electron chi connectivity index (χ0n) is 12.2. The molecule has 19 heavy (non-hydrogen) atoms. The first kappa shape index (κ1) is 14.6. The van der Waals surface area contributed by atoms with Gasteiger partial charge >= 0.3 is 0 Å². The maximum atomic E-state index is 6.19. The van der Waals surface area contributed by atoms with Gasteiger partial charge in [-0.2, -0.15) is 0 Å². The number of rotatable bonds is 4. The molecule has 0 aliphatic heterocycles. The fourth-order valence-electron chi connectivity index (χ4n) is 2.91. The van der Waals surface area contributed by atoms with Crippen LogP contribution in [0.5, 0.6) is 0 Å². The van der Waals surface area contributed by atoms with Gasteiger partial charge in [-0.05, 0) is 24.2 Å². The van der Waals surface area contributed by atoms with Crippen molar-refractivity contribution in [2.24, 2.45) is 5.41 Å². The molecular weight excluding hydrogens is 258 g/mol. The van der Waals surface area contributed by atoms with Crippen LogP contribution in [0.3, 0.4) is 0 Å². The van der Waals surface area contributed by atoms with Gasteiger partial charge in [-0.3, -0.25) is 0 Å². The van der Waals surface area contributed by atoms with E-state index >= 15 is 0 Å². The monoisotopic (exact) mass is 281 g/mol. The lowest BCUT2D eigenvalue weighted by Gasteiger charge is -2.34. The van der Waals surface area contributed by atoms with Crippen molar-refractivity contribution in [3.05, 3.63) is 17.0 Å². The van der Waals surface area contributed by atoms with E-state index in [2.05, 4.69) is 36.1 Å². The van der Waals surface area contributed by atoms with Gasteiger partial charge in [-0.25, -0.2) is 9.97 Å². The summed E-state index contributed by atoms with van der Waals surface area (Å²) in [5, 5.41) is 4.08. The Kier molecular flexibility index (Phi) is 4.67. The van der Waals surface area contributed by atoms with Gasteiger partial charge in [-0.15, -0.1) is 0 Å². The standard InChI is InChI=1S/C15H24ClN3/c1-11(2)12-13(16)18-10-19-14(12)17-9-15(3)7-5-4-6-8-15/h10-11H,4-9H2,1-3H3,(H,17,18,19). The number of halogens is 1. The van der Waals surface area contributed by atoms with Gasteiger partial charge in [0.1, 0.15) is 17.3 Å². The van der Waals surface area contributed by atoms with Crippen molar-refractivity contribution in [3.63, 3.8) is 0 Å². The molecule has 1 aliphatic carbocycles. The molecule has 1 aliphatic rings. The summed E-state index contributed by atoms with van der Waals surface area (Å²) in [6, 6.07) is 0. The first-order chi connectivity index (χ1) is 9.02. The van der Waals surface area contributed by atoms with Gasteiger partial charge in [0.05, 0.1) is 0 Å². The topological polar surface area (TPSA) is 37.8 Å². The van der Waals surface area contributed by atoms with Crippen LogP contribution in [0.15, 0.2) is 6.33 Å². The number of nitrogens with zero attached hydrogens (tertiary/aromatic N) is 2. The van der Waals surface area contributed by atoms with Crippen LogP contribution in [0.4, 0.5) is 5.82 Å². The van der Waals surface area contributed by atoms with Crippen molar-refractivity contribution in [2.75, 3.05) is 11.9 Å². The van der Waals surface area contributed by atoms with Crippen molar-refractivity contribution in [3.8, 4) is 0 Å². The molecule has 0 bridgehead atoms. The summed E-state index contributed by atoms with van der Waals surface area (Å²) in [4.78, 5) is 8.46. The van der Waals surface area contributed by atoms with Crippen molar-refractivity contribution in [1.29, 1.82) is 0 Å². The fraction of sp³-hybridized carbons (Fsp3) is 0.733. The summed E-state index contributed by atoms with van der Waals surface area (Å²) in [6.07, 6.45) is 8.22. The van der Waals surface area contributed by atoms with E-state index in [1.54, 1.807) is 6.33 Å². The average Bonchev–Trinajstić information content (AvgIpc) is 2.37. The summed E-state index contributed by atoms with van der Waals surface area (Å²) in [5.74, 6) is 1.23. The van der Waals surface area contributed by atoms with E-state index in [4.69, 9.17) is 11.6 Å². The lowest BCUT2D eigenvalue weighted by Crippen LogP contribution is -2.29. The minimum absolute atomic E-state index is 0.329. The van der Waals surface area contributed by atoms with E-state index in [1.165, 1.54) is 32.1 Å². The van der Waals surface area contributed by atoms with Crippen LogP contribution in [-0.4, -0.2) is 16.5 Å². The first-order valence-corrected chi connectivity index (χ1v) is 7.64.